The fourth-order valence-corrected chi connectivity index (χ4v) is 1.60. The SMILES string of the molecule is CCCCN(C)C(=NCCNC(=O)OC(C)(C)C)NCC. The Morgan fingerprint density at radius 3 is 2.43 bits per heavy atom. The summed E-state index contributed by atoms with van der Waals surface area (Å²) in [7, 11) is 2.03. The second-order valence-electron chi connectivity index (χ2n) is 5.94. The van der Waals surface area contributed by atoms with E-state index >= 15 is 0 Å². The minimum atomic E-state index is -0.470. The van der Waals surface area contributed by atoms with Crippen LogP contribution in [0.1, 0.15) is 47.5 Å². The first kappa shape index (κ1) is 19.5. The first-order valence-corrected chi connectivity index (χ1v) is 7.76. The number of carbonyl (C=O) groups is 1. The molecule has 124 valence electrons. The molecule has 6 nitrogen and oxygen atoms in total. The van der Waals surface area contributed by atoms with Crippen LogP contribution in [-0.2, 0) is 4.74 Å². The largest absolute Gasteiger partial charge is 0.444 e. The van der Waals surface area contributed by atoms with E-state index in [1.54, 1.807) is 0 Å². The Morgan fingerprint density at radius 2 is 1.90 bits per heavy atom. The summed E-state index contributed by atoms with van der Waals surface area (Å²) in [4.78, 5) is 18.1. The summed E-state index contributed by atoms with van der Waals surface area (Å²) in [6.45, 7) is 12.5. The van der Waals surface area contributed by atoms with Crippen LogP contribution >= 0.6 is 0 Å². The maximum atomic E-state index is 11.5. The van der Waals surface area contributed by atoms with E-state index in [9.17, 15) is 4.79 Å². The molecule has 0 saturated carbocycles. The lowest BCUT2D eigenvalue weighted by Crippen LogP contribution is -2.40. The van der Waals surface area contributed by atoms with Crippen molar-refractivity contribution < 1.29 is 9.53 Å². The summed E-state index contributed by atoms with van der Waals surface area (Å²) < 4.78 is 5.17. The van der Waals surface area contributed by atoms with Crippen molar-refractivity contribution in [2.45, 2.75) is 53.1 Å². The molecule has 6 heteroatoms. The van der Waals surface area contributed by atoms with Crippen LogP contribution in [0.3, 0.4) is 0 Å². The van der Waals surface area contributed by atoms with Crippen LogP contribution in [0.2, 0.25) is 0 Å². The third kappa shape index (κ3) is 10.9. The van der Waals surface area contributed by atoms with Crippen LogP contribution in [0, 0.1) is 0 Å². The predicted molar refractivity (Wildman–Crippen MR) is 87.8 cm³/mol. The van der Waals surface area contributed by atoms with Crippen molar-refractivity contribution >= 4 is 12.1 Å². The van der Waals surface area contributed by atoms with Gasteiger partial charge in [-0.05, 0) is 34.1 Å². The molecular weight excluding hydrogens is 268 g/mol. The highest BCUT2D eigenvalue weighted by Gasteiger charge is 2.15. The molecule has 0 aliphatic heterocycles. The van der Waals surface area contributed by atoms with Crippen LogP contribution in [0.25, 0.3) is 0 Å². The fraction of sp³-hybridized carbons (Fsp3) is 0.867. The Labute approximate surface area is 129 Å². The smallest absolute Gasteiger partial charge is 0.407 e. The highest BCUT2D eigenvalue weighted by atomic mass is 16.6. The number of hydrogen-bond donors (Lipinski definition) is 2. The van der Waals surface area contributed by atoms with E-state index in [0.29, 0.717) is 13.1 Å². The van der Waals surface area contributed by atoms with Gasteiger partial charge in [-0.1, -0.05) is 13.3 Å². The summed E-state index contributed by atoms with van der Waals surface area (Å²) in [5.41, 5.74) is -0.470. The van der Waals surface area contributed by atoms with Crippen LogP contribution in [-0.4, -0.2) is 55.8 Å². The van der Waals surface area contributed by atoms with Gasteiger partial charge in [0.05, 0.1) is 6.54 Å². The first-order chi connectivity index (χ1) is 9.80. The number of nitrogens with one attached hydrogen (secondary N) is 2. The van der Waals surface area contributed by atoms with E-state index in [0.717, 1.165) is 31.9 Å². The summed E-state index contributed by atoms with van der Waals surface area (Å²) >= 11 is 0. The summed E-state index contributed by atoms with van der Waals surface area (Å²) in [5, 5.41) is 5.95. The topological polar surface area (TPSA) is 66.0 Å². The molecule has 0 aromatic rings. The van der Waals surface area contributed by atoms with Gasteiger partial charge in [0.2, 0.25) is 0 Å². The zero-order valence-corrected chi connectivity index (χ0v) is 14.5. The van der Waals surface area contributed by atoms with Gasteiger partial charge in [0, 0.05) is 26.7 Å². The van der Waals surface area contributed by atoms with Crippen LogP contribution in [0.5, 0.6) is 0 Å². The minimum Gasteiger partial charge on any atom is -0.444 e. The molecule has 0 aromatic heterocycles. The van der Waals surface area contributed by atoms with Crippen LogP contribution in [0.4, 0.5) is 4.79 Å². The lowest BCUT2D eigenvalue weighted by molar-refractivity contribution is 0.0529. The van der Waals surface area contributed by atoms with E-state index in [1.165, 1.54) is 0 Å². The zero-order valence-electron chi connectivity index (χ0n) is 14.5. The van der Waals surface area contributed by atoms with Gasteiger partial charge in [0.1, 0.15) is 5.60 Å². The van der Waals surface area contributed by atoms with Crippen molar-refractivity contribution in [3.63, 3.8) is 0 Å². The number of rotatable bonds is 7. The van der Waals surface area contributed by atoms with E-state index in [2.05, 4.69) is 27.4 Å². The monoisotopic (exact) mass is 300 g/mol. The molecule has 0 aliphatic carbocycles. The second-order valence-corrected chi connectivity index (χ2v) is 5.94. The van der Waals surface area contributed by atoms with Crippen LogP contribution < -0.4 is 10.6 Å². The number of guanidine groups is 1. The Hall–Kier alpha value is -1.46. The summed E-state index contributed by atoms with van der Waals surface area (Å²) in [6.07, 6.45) is 1.89. The number of amides is 1. The Kier molecular flexibility index (Phi) is 9.58. The standard InChI is InChI=1S/C15H32N4O2/c1-7-9-12-19(6)13(16-8-2)17-10-11-18-14(20)21-15(3,4)5/h7-12H2,1-6H3,(H,16,17)(H,18,20). The molecule has 0 aliphatic rings. The van der Waals surface area contributed by atoms with Gasteiger partial charge >= 0.3 is 6.09 Å². The maximum absolute atomic E-state index is 11.5. The molecule has 0 radical (unpaired) electrons. The normalized spacial score (nSPS) is 12.0. The van der Waals surface area contributed by atoms with Gasteiger partial charge in [0.25, 0.3) is 0 Å². The Balaban J connectivity index is 4.17. The van der Waals surface area contributed by atoms with Gasteiger partial charge < -0.3 is 20.3 Å². The zero-order chi connectivity index (χ0) is 16.3. The van der Waals surface area contributed by atoms with Gasteiger partial charge in [-0.25, -0.2) is 4.79 Å². The first-order valence-electron chi connectivity index (χ1n) is 7.76. The van der Waals surface area contributed by atoms with Crippen molar-refractivity contribution in [1.29, 1.82) is 0 Å². The predicted octanol–water partition coefficient (Wildman–Crippen LogP) is 2.21. The molecular formula is C15H32N4O2. The van der Waals surface area contributed by atoms with Crippen molar-refractivity contribution in [3.8, 4) is 0 Å². The van der Waals surface area contributed by atoms with Crippen molar-refractivity contribution in [2.24, 2.45) is 4.99 Å². The average Bonchev–Trinajstić information content (AvgIpc) is 2.37. The van der Waals surface area contributed by atoms with E-state index in [-0.39, 0.29) is 0 Å². The quantitative estimate of drug-likeness (QED) is 0.430. The number of ether oxygens (including phenoxy) is 1. The summed E-state index contributed by atoms with van der Waals surface area (Å²) in [6, 6.07) is 0. The third-order valence-corrected chi connectivity index (χ3v) is 2.59. The third-order valence-electron chi connectivity index (χ3n) is 2.59. The number of alkyl carbamates (subject to hydrolysis) is 1. The lowest BCUT2D eigenvalue weighted by Gasteiger charge is -2.22. The number of unbranched alkanes of at least 4 members (excludes halogenated alkanes) is 1. The summed E-state index contributed by atoms with van der Waals surface area (Å²) in [5.74, 6) is 0.872. The number of carbonyl (C=O) groups excluding carboxylic acids is 1. The number of hydrogen-bond acceptors (Lipinski definition) is 3. The highest BCUT2D eigenvalue weighted by molar-refractivity contribution is 5.79. The Morgan fingerprint density at radius 1 is 1.24 bits per heavy atom. The molecule has 0 heterocycles. The molecule has 0 aromatic carbocycles. The molecule has 0 atom stereocenters. The maximum Gasteiger partial charge on any atom is 0.407 e. The van der Waals surface area contributed by atoms with Crippen molar-refractivity contribution in [3.05, 3.63) is 0 Å². The van der Waals surface area contributed by atoms with Crippen LogP contribution in [0.15, 0.2) is 4.99 Å². The average molecular weight is 300 g/mol. The lowest BCUT2D eigenvalue weighted by atomic mass is 10.2. The van der Waals surface area contributed by atoms with Crippen molar-refractivity contribution in [2.75, 3.05) is 33.2 Å². The van der Waals surface area contributed by atoms with Gasteiger partial charge in [0.15, 0.2) is 5.96 Å². The Bertz CT molecular complexity index is 324. The molecule has 0 fully saturated rings. The highest BCUT2D eigenvalue weighted by Crippen LogP contribution is 2.06. The molecule has 1 amide bonds. The molecule has 21 heavy (non-hydrogen) atoms. The molecule has 0 saturated heterocycles. The molecule has 0 rings (SSSR count). The molecule has 0 unspecified atom stereocenters. The molecule has 2 N–H and O–H groups in total. The molecule has 0 bridgehead atoms. The van der Waals surface area contributed by atoms with Crippen molar-refractivity contribution in [1.82, 2.24) is 15.5 Å². The van der Waals surface area contributed by atoms with Gasteiger partial charge in [-0.15, -0.1) is 0 Å². The minimum absolute atomic E-state index is 0.401. The number of aliphatic imine (C=N–C) groups is 1. The van der Waals surface area contributed by atoms with Gasteiger partial charge in [-0.3, -0.25) is 4.99 Å². The second kappa shape index (κ2) is 10.3. The molecule has 0 spiro atoms. The van der Waals surface area contributed by atoms with E-state index in [4.69, 9.17) is 4.74 Å². The van der Waals surface area contributed by atoms with E-state index < -0.39 is 11.7 Å². The fourth-order valence-electron chi connectivity index (χ4n) is 1.60. The van der Waals surface area contributed by atoms with E-state index in [1.807, 2.05) is 34.7 Å². The van der Waals surface area contributed by atoms with Gasteiger partial charge in [-0.2, -0.15) is 0 Å². The number of nitrogens with zero attached hydrogens (tertiary/aromatic N) is 2.